The average Bonchev–Trinajstić information content (AvgIpc) is 2.35. The van der Waals surface area contributed by atoms with Crippen molar-refractivity contribution >= 4 is 11.6 Å². The van der Waals surface area contributed by atoms with Crippen molar-refractivity contribution in [1.29, 1.82) is 0 Å². The van der Waals surface area contributed by atoms with Gasteiger partial charge in [-0.15, -0.1) is 11.6 Å². The molecule has 0 saturated heterocycles. The Labute approximate surface area is 104 Å². The molecule has 0 aromatic heterocycles. The molecule has 16 heavy (non-hydrogen) atoms. The van der Waals surface area contributed by atoms with Crippen LogP contribution in [0.25, 0.3) is 0 Å². The second kappa shape index (κ2) is 7.56. The molecule has 0 bridgehead atoms. The van der Waals surface area contributed by atoms with E-state index in [9.17, 15) is 0 Å². The molecule has 0 N–H and O–H groups in total. The third-order valence-electron chi connectivity index (χ3n) is 2.87. The highest BCUT2D eigenvalue weighted by Gasteiger charge is 2.07. The number of ether oxygens (including phenoxy) is 1. The van der Waals surface area contributed by atoms with Gasteiger partial charge in [-0.1, -0.05) is 31.9 Å². The van der Waals surface area contributed by atoms with Crippen LogP contribution >= 0.6 is 11.6 Å². The molecule has 0 fully saturated rings. The molecule has 0 aliphatic rings. The van der Waals surface area contributed by atoms with Crippen molar-refractivity contribution < 1.29 is 4.74 Å². The van der Waals surface area contributed by atoms with Crippen molar-refractivity contribution in [1.82, 2.24) is 0 Å². The minimum absolute atomic E-state index is 0.606. The van der Waals surface area contributed by atoms with Gasteiger partial charge in [0.2, 0.25) is 0 Å². The Morgan fingerprint density at radius 3 is 2.44 bits per heavy atom. The Balaban J connectivity index is 2.49. The highest BCUT2D eigenvalue weighted by atomic mass is 35.5. The van der Waals surface area contributed by atoms with E-state index in [1.54, 1.807) is 7.11 Å². The predicted octanol–water partition coefficient (Wildman–Crippen LogP) is 4.28. The fourth-order valence-corrected chi connectivity index (χ4v) is 2.08. The van der Waals surface area contributed by atoms with Gasteiger partial charge in [-0.25, -0.2) is 0 Å². The van der Waals surface area contributed by atoms with Gasteiger partial charge in [0.25, 0.3) is 0 Å². The summed E-state index contributed by atoms with van der Waals surface area (Å²) in [6, 6.07) is 8.29. The Morgan fingerprint density at radius 1 is 1.25 bits per heavy atom. The molecule has 2 heteroatoms. The van der Waals surface area contributed by atoms with Gasteiger partial charge >= 0.3 is 0 Å². The van der Waals surface area contributed by atoms with Gasteiger partial charge in [-0.05, 0) is 36.5 Å². The monoisotopic (exact) mass is 240 g/mol. The lowest BCUT2D eigenvalue weighted by atomic mass is 9.96. The number of benzene rings is 1. The Hall–Kier alpha value is -0.690. The van der Waals surface area contributed by atoms with Crippen LogP contribution < -0.4 is 4.74 Å². The molecule has 1 unspecified atom stereocenters. The van der Waals surface area contributed by atoms with E-state index in [0.29, 0.717) is 5.92 Å². The van der Waals surface area contributed by atoms with Crippen molar-refractivity contribution in [3.05, 3.63) is 29.8 Å². The zero-order valence-electron chi connectivity index (χ0n) is 10.2. The fourth-order valence-electron chi connectivity index (χ4n) is 1.82. The maximum absolute atomic E-state index is 5.99. The Bertz CT molecular complexity index is 281. The molecular formula is C14H21ClO. The maximum atomic E-state index is 5.99. The van der Waals surface area contributed by atoms with Crippen LogP contribution in [0.2, 0.25) is 0 Å². The summed E-state index contributed by atoms with van der Waals surface area (Å²) >= 11 is 5.99. The first-order valence-electron chi connectivity index (χ1n) is 5.99. The van der Waals surface area contributed by atoms with E-state index < -0.39 is 0 Å². The summed E-state index contributed by atoms with van der Waals surface area (Å²) in [7, 11) is 1.69. The van der Waals surface area contributed by atoms with Crippen LogP contribution in [0, 0.1) is 5.92 Å². The van der Waals surface area contributed by atoms with Crippen LogP contribution in [0.3, 0.4) is 0 Å². The SMILES string of the molecule is CCCCC(CCl)Cc1ccc(OC)cc1. The zero-order chi connectivity index (χ0) is 11.8. The van der Waals surface area contributed by atoms with Gasteiger partial charge in [0, 0.05) is 5.88 Å². The van der Waals surface area contributed by atoms with Gasteiger partial charge < -0.3 is 4.74 Å². The summed E-state index contributed by atoms with van der Waals surface area (Å²) in [5.74, 6) is 2.28. The van der Waals surface area contributed by atoms with Gasteiger partial charge in [0.15, 0.2) is 0 Å². The smallest absolute Gasteiger partial charge is 0.118 e. The quantitative estimate of drug-likeness (QED) is 0.647. The van der Waals surface area contributed by atoms with E-state index in [1.165, 1.54) is 24.8 Å². The van der Waals surface area contributed by atoms with E-state index >= 15 is 0 Å². The van der Waals surface area contributed by atoms with Crippen molar-refractivity contribution in [3.8, 4) is 5.75 Å². The van der Waals surface area contributed by atoms with Crippen LogP contribution in [0.1, 0.15) is 31.7 Å². The highest BCUT2D eigenvalue weighted by Crippen LogP contribution is 2.19. The Morgan fingerprint density at radius 2 is 1.94 bits per heavy atom. The van der Waals surface area contributed by atoms with Crippen LogP contribution in [-0.2, 0) is 6.42 Å². The number of methoxy groups -OCH3 is 1. The van der Waals surface area contributed by atoms with Crippen LogP contribution in [0.15, 0.2) is 24.3 Å². The van der Waals surface area contributed by atoms with Crippen molar-refractivity contribution in [3.63, 3.8) is 0 Å². The minimum Gasteiger partial charge on any atom is -0.497 e. The lowest BCUT2D eigenvalue weighted by molar-refractivity contribution is 0.414. The first kappa shape index (κ1) is 13.4. The van der Waals surface area contributed by atoms with E-state index in [-0.39, 0.29) is 0 Å². The summed E-state index contributed by atoms with van der Waals surface area (Å²) in [6.45, 7) is 2.22. The largest absolute Gasteiger partial charge is 0.497 e. The summed E-state index contributed by atoms with van der Waals surface area (Å²) in [6.07, 6.45) is 4.82. The highest BCUT2D eigenvalue weighted by molar-refractivity contribution is 6.18. The molecule has 1 aromatic rings. The summed E-state index contributed by atoms with van der Waals surface area (Å²) < 4.78 is 5.14. The topological polar surface area (TPSA) is 9.23 Å². The molecule has 0 aliphatic carbocycles. The normalized spacial score (nSPS) is 12.4. The molecule has 1 aromatic carbocycles. The van der Waals surface area contributed by atoms with Crippen LogP contribution in [0.5, 0.6) is 5.75 Å². The zero-order valence-corrected chi connectivity index (χ0v) is 11.0. The van der Waals surface area contributed by atoms with E-state index in [1.807, 2.05) is 12.1 Å². The van der Waals surface area contributed by atoms with Crippen molar-refractivity contribution in [2.24, 2.45) is 5.92 Å². The third-order valence-corrected chi connectivity index (χ3v) is 3.30. The van der Waals surface area contributed by atoms with Gasteiger partial charge in [0.05, 0.1) is 7.11 Å². The molecule has 1 rings (SSSR count). The second-order valence-corrected chi connectivity index (χ2v) is 4.52. The summed E-state index contributed by atoms with van der Waals surface area (Å²) in [5.41, 5.74) is 1.35. The van der Waals surface area contributed by atoms with E-state index in [2.05, 4.69) is 19.1 Å². The predicted molar refractivity (Wildman–Crippen MR) is 70.4 cm³/mol. The molecule has 0 spiro atoms. The third kappa shape index (κ3) is 4.44. The van der Waals surface area contributed by atoms with Crippen LogP contribution in [-0.4, -0.2) is 13.0 Å². The first-order chi connectivity index (χ1) is 7.80. The number of halogens is 1. The molecule has 0 saturated carbocycles. The number of hydrogen-bond acceptors (Lipinski definition) is 1. The van der Waals surface area contributed by atoms with Gasteiger partial charge in [-0.2, -0.15) is 0 Å². The number of rotatable bonds is 7. The fraction of sp³-hybridized carbons (Fsp3) is 0.571. The molecule has 0 radical (unpaired) electrons. The maximum Gasteiger partial charge on any atom is 0.118 e. The number of unbranched alkanes of at least 4 members (excludes halogenated alkanes) is 1. The minimum atomic E-state index is 0.606. The first-order valence-corrected chi connectivity index (χ1v) is 6.52. The number of hydrogen-bond donors (Lipinski definition) is 0. The Kier molecular flexibility index (Phi) is 6.32. The summed E-state index contributed by atoms with van der Waals surface area (Å²) in [4.78, 5) is 0. The average molecular weight is 241 g/mol. The van der Waals surface area contributed by atoms with Crippen LogP contribution in [0.4, 0.5) is 0 Å². The molecule has 1 atom stereocenters. The van der Waals surface area contributed by atoms with Gasteiger partial charge in [0.1, 0.15) is 5.75 Å². The number of alkyl halides is 1. The molecule has 0 aliphatic heterocycles. The van der Waals surface area contributed by atoms with E-state index in [0.717, 1.165) is 18.1 Å². The van der Waals surface area contributed by atoms with E-state index in [4.69, 9.17) is 16.3 Å². The summed E-state index contributed by atoms with van der Waals surface area (Å²) in [5, 5.41) is 0. The lowest BCUT2D eigenvalue weighted by Crippen LogP contribution is -2.06. The van der Waals surface area contributed by atoms with Crippen molar-refractivity contribution in [2.45, 2.75) is 32.6 Å². The lowest BCUT2D eigenvalue weighted by Gasteiger charge is -2.13. The molecule has 0 heterocycles. The second-order valence-electron chi connectivity index (χ2n) is 4.21. The molecule has 0 amide bonds. The molecule has 90 valence electrons. The molecule has 1 nitrogen and oxygen atoms in total. The van der Waals surface area contributed by atoms with Crippen molar-refractivity contribution in [2.75, 3.05) is 13.0 Å². The molecular weight excluding hydrogens is 220 g/mol. The standard InChI is InChI=1S/C14H21ClO/c1-3-4-5-13(11-15)10-12-6-8-14(16-2)9-7-12/h6-9,13H,3-5,10-11H2,1-2H3. The van der Waals surface area contributed by atoms with Gasteiger partial charge in [-0.3, -0.25) is 0 Å².